The van der Waals surface area contributed by atoms with E-state index in [1.165, 1.54) is 24.8 Å². The van der Waals surface area contributed by atoms with E-state index in [-0.39, 0.29) is 0 Å². The van der Waals surface area contributed by atoms with Gasteiger partial charge in [-0.15, -0.1) is 0 Å². The topological polar surface area (TPSA) is 29.1 Å². The van der Waals surface area contributed by atoms with E-state index in [4.69, 9.17) is 0 Å². The maximum atomic E-state index is 12.2. The first-order valence-electron chi connectivity index (χ1n) is 6.11. The van der Waals surface area contributed by atoms with Crippen molar-refractivity contribution in [3.05, 3.63) is 28.2 Å². The van der Waals surface area contributed by atoms with E-state index in [0.29, 0.717) is 6.04 Å². The molecule has 0 saturated heterocycles. The van der Waals surface area contributed by atoms with Gasteiger partial charge < -0.3 is 0 Å². The molecule has 0 aromatic heterocycles. The van der Waals surface area contributed by atoms with E-state index in [1.54, 1.807) is 0 Å². The molecule has 2 rings (SSSR count). The van der Waals surface area contributed by atoms with Crippen LogP contribution in [0.15, 0.2) is 27.6 Å². The highest BCUT2D eigenvalue weighted by atomic mass is 79.9. The maximum absolute atomic E-state index is 12.2. The van der Waals surface area contributed by atoms with Crippen LogP contribution in [0.2, 0.25) is 0 Å². The van der Waals surface area contributed by atoms with Crippen LogP contribution < -0.4 is 4.72 Å². The van der Waals surface area contributed by atoms with Crippen molar-refractivity contribution in [1.82, 2.24) is 4.72 Å². The Morgan fingerprint density at radius 2 is 2.00 bits per heavy atom. The molecule has 1 atom stereocenters. The highest BCUT2D eigenvalue weighted by molar-refractivity contribution is 9.10. The molecule has 1 aliphatic carbocycles. The predicted molar refractivity (Wildman–Crippen MR) is 75.3 cm³/mol. The summed E-state index contributed by atoms with van der Waals surface area (Å²) in [6, 6.07) is 6.30. The lowest BCUT2D eigenvalue weighted by atomic mass is 9.96. The number of aryl methyl sites for hydroxylation is 1. The van der Waals surface area contributed by atoms with Crippen LogP contribution >= 0.6 is 15.9 Å². The van der Waals surface area contributed by atoms with Crippen molar-refractivity contribution in [2.75, 3.05) is 0 Å². The highest BCUT2D eigenvalue weighted by Crippen LogP contribution is 2.21. The largest absolute Gasteiger partial charge is 0.237 e. The van der Waals surface area contributed by atoms with Crippen LogP contribution in [0.3, 0.4) is 0 Å². The smallest absolute Gasteiger partial charge is 0.125 e. The third-order valence-electron chi connectivity index (χ3n) is 3.24. The Balaban J connectivity index is 2.01. The molecule has 1 aromatic carbocycles. The van der Waals surface area contributed by atoms with Gasteiger partial charge in [-0.25, -0.2) is 8.93 Å². The van der Waals surface area contributed by atoms with Crippen LogP contribution in [0.4, 0.5) is 0 Å². The molecule has 1 N–H and O–H groups in total. The van der Waals surface area contributed by atoms with Crippen LogP contribution in [0, 0.1) is 6.92 Å². The van der Waals surface area contributed by atoms with Crippen molar-refractivity contribution in [2.45, 2.75) is 50.0 Å². The summed E-state index contributed by atoms with van der Waals surface area (Å²) in [5, 5.41) is 0. The number of nitrogens with one attached hydrogen (secondary N) is 1. The first kappa shape index (κ1) is 13.2. The average Bonchev–Trinajstić information content (AvgIpc) is 2.34. The first-order valence-corrected chi connectivity index (χ1v) is 8.05. The Bertz CT molecular complexity index is 416. The van der Waals surface area contributed by atoms with Crippen molar-refractivity contribution in [3.8, 4) is 0 Å². The van der Waals surface area contributed by atoms with Gasteiger partial charge in [0.15, 0.2) is 0 Å². The fourth-order valence-corrected chi connectivity index (χ4v) is 3.75. The molecule has 1 saturated carbocycles. The molecule has 17 heavy (non-hydrogen) atoms. The van der Waals surface area contributed by atoms with E-state index in [2.05, 4.69) is 20.7 Å². The van der Waals surface area contributed by atoms with E-state index >= 15 is 0 Å². The zero-order valence-corrected chi connectivity index (χ0v) is 12.4. The number of hydrogen-bond acceptors (Lipinski definition) is 1. The van der Waals surface area contributed by atoms with Crippen LogP contribution in [-0.2, 0) is 11.0 Å². The monoisotopic (exact) mass is 315 g/mol. The Labute approximate surface area is 114 Å². The Hall–Kier alpha value is -0.190. The summed E-state index contributed by atoms with van der Waals surface area (Å²) in [4.78, 5) is 0.855. The zero-order valence-electron chi connectivity index (χ0n) is 10.0. The molecule has 0 spiro atoms. The van der Waals surface area contributed by atoms with Gasteiger partial charge >= 0.3 is 0 Å². The van der Waals surface area contributed by atoms with Gasteiger partial charge in [-0.1, -0.05) is 41.3 Å². The van der Waals surface area contributed by atoms with Gasteiger partial charge in [0.1, 0.15) is 11.0 Å². The lowest BCUT2D eigenvalue weighted by Gasteiger charge is -2.22. The second-order valence-electron chi connectivity index (χ2n) is 4.63. The van der Waals surface area contributed by atoms with Crippen molar-refractivity contribution >= 4 is 26.9 Å². The lowest BCUT2D eigenvalue weighted by molar-refractivity contribution is 0.419. The molecule has 0 aliphatic heterocycles. The summed E-state index contributed by atoms with van der Waals surface area (Å²) >= 11 is 3.48. The summed E-state index contributed by atoms with van der Waals surface area (Å²) in [5.41, 5.74) is 1.17. The molecule has 0 bridgehead atoms. The van der Waals surface area contributed by atoms with Gasteiger partial charge in [-0.3, -0.25) is 0 Å². The minimum atomic E-state index is -1.08. The van der Waals surface area contributed by atoms with E-state index in [0.717, 1.165) is 22.2 Å². The van der Waals surface area contributed by atoms with Crippen LogP contribution in [0.25, 0.3) is 0 Å². The fourth-order valence-electron chi connectivity index (χ4n) is 2.13. The molecule has 0 radical (unpaired) electrons. The number of benzene rings is 1. The standard InChI is InChI=1S/C13H18BrNOS/c1-10-7-8-12(9-13(10)14)17(16)15-11-5-3-2-4-6-11/h7-9,11,15H,2-6H2,1H3. The van der Waals surface area contributed by atoms with Gasteiger partial charge in [0.05, 0.1) is 4.90 Å². The second-order valence-corrected chi connectivity index (χ2v) is 6.73. The van der Waals surface area contributed by atoms with Gasteiger partial charge in [0.25, 0.3) is 0 Å². The number of hydrogen-bond donors (Lipinski definition) is 1. The molecule has 1 aromatic rings. The minimum absolute atomic E-state index is 0.421. The molecule has 1 fully saturated rings. The van der Waals surface area contributed by atoms with Gasteiger partial charge in [0, 0.05) is 10.5 Å². The molecule has 2 nitrogen and oxygen atoms in total. The van der Waals surface area contributed by atoms with E-state index in [1.807, 2.05) is 25.1 Å². The summed E-state index contributed by atoms with van der Waals surface area (Å²) in [6.07, 6.45) is 6.14. The summed E-state index contributed by atoms with van der Waals surface area (Å²) in [6.45, 7) is 2.03. The van der Waals surface area contributed by atoms with Crippen molar-refractivity contribution in [3.63, 3.8) is 0 Å². The Kier molecular flexibility index (Phi) is 4.77. The molecule has 4 heteroatoms. The van der Waals surface area contributed by atoms with Crippen molar-refractivity contribution < 1.29 is 4.21 Å². The van der Waals surface area contributed by atoms with Gasteiger partial charge in [-0.2, -0.15) is 0 Å². The number of halogens is 1. The second kappa shape index (κ2) is 6.12. The van der Waals surface area contributed by atoms with Crippen molar-refractivity contribution in [1.29, 1.82) is 0 Å². The normalized spacial score (nSPS) is 19.2. The summed E-state index contributed by atoms with van der Waals surface area (Å²) < 4.78 is 16.4. The van der Waals surface area contributed by atoms with Crippen molar-refractivity contribution in [2.24, 2.45) is 0 Å². The van der Waals surface area contributed by atoms with E-state index in [9.17, 15) is 4.21 Å². The van der Waals surface area contributed by atoms with Crippen LogP contribution in [-0.4, -0.2) is 10.3 Å². The fraction of sp³-hybridized carbons (Fsp3) is 0.538. The van der Waals surface area contributed by atoms with Crippen LogP contribution in [0.5, 0.6) is 0 Å². The summed E-state index contributed by atoms with van der Waals surface area (Å²) in [5.74, 6) is 0. The molecule has 1 unspecified atom stereocenters. The SMILES string of the molecule is Cc1ccc(S(=O)NC2CCCCC2)cc1Br. The third kappa shape index (κ3) is 3.63. The predicted octanol–water partition coefficient (Wildman–Crippen LogP) is 3.70. The molecule has 0 amide bonds. The van der Waals surface area contributed by atoms with Gasteiger partial charge in [0.2, 0.25) is 0 Å². The average molecular weight is 316 g/mol. The summed E-state index contributed by atoms with van der Waals surface area (Å²) in [7, 11) is -1.08. The molecular formula is C13H18BrNOS. The van der Waals surface area contributed by atoms with Gasteiger partial charge in [-0.05, 0) is 37.5 Å². The molecule has 0 heterocycles. The third-order valence-corrected chi connectivity index (χ3v) is 5.32. The zero-order chi connectivity index (χ0) is 12.3. The highest BCUT2D eigenvalue weighted by Gasteiger charge is 2.16. The Morgan fingerprint density at radius 3 is 2.65 bits per heavy atom. The van der Waals surface area contributed by atoms with Crippen LogP contribution in [0.1, 0.15) is 37.7 Å². The minimum Gasteiger partial charge on any atom is -0.237 e. The molecular weight excluding hydrogens is 298 g/mol. The molecule has 1 aliphatic rings. The first-order chi connectivity index (χ1) is 8.16. The quantitative estimate of drug-likeness (QED) is 0.905. The maximum Gasteiger partial charge on any atom is 0.125 e. The lowest BCUT2D eigenvalue weighted by Crippen LogP contribution is -2.32. The van der Waals surface area contributed by atoms with E-state index < -0.39 is 11.0 Å². The molecule has 94 valence electrons. The number of rotatable bonds is 3. The Morgan fingerprint density at radius 1 is 1.29 bits per heavy atom.